The molecule has 0 radical (unpaired) electrons. The van der Waals surface area contributed by atoms with Gasteiger partial charge in [-0.15, -0.1) is 0 Å². The molecule has 0 aromatic heterocycles. The maximum atomic E-state index is 13.5. The zero-order valence-electron chi connectivity index (χ0n) is 10.6. The van der Waals surface area contributed by atoms with E-state index in [-0.39, 0.29) is 16.4 Å². The third-order valence-electron chi connectivity index (χ3n) is 2.69. The average molecular weight is 331 g/mol. The Kier molecular flexibility index (Phi) is 4.32. The second-order valence-electron chi connectivity index (χ2n) is 4.10. The molecule has 0 atom stereocenters. The Labute approximate surface area is 126 Å². The number of carbonyl (C=O) groups excluding carboxylic acids is 1. The summed E-state index contributed by atoms with van der Waals surface area (Å²) >= 11 is 5.75. The minimum atomic E-state index is -1.78. The number of carbonyl (C=O) groups is 1. The van der Waals surface area contributed by atoms with Gasteiger partial charge < -0.3 is 5.32 Å². The maximum absolute atomic E-state index is 13.5. The van der Waals surface area contributed by atoms with Gasteiger partial charge in [0.1, 0.15) is 0 Å². The zero-order chi connectivity index (χ0) is 16.4. The first-order valence-corrected chi connectivity index (χ1v) is 6.08. The van der Waals surface area contributed by atoms with Gasteiger partial charge in [-0.3, -0.25) is 14.9 Å². The highest BCUT2D eigenvalue weighted by atomic mass is 35.5. The first-order valence-electron chi connectivity index (χ1n) is 5.70. The Hall–Kier alpha value is -2.61. The molecule has 0 unspecified atom stereocenters. The lowest BCUT2D eigenvalue weighted by atomic mass is 10.1. The molecule has 2 rings (SSSR count). The van der Waals surface area contributed by atoms with Gasteiger partial charge in [-0.1, -0.05) is 11.6 Å². The van der Waals surface area contributed by atoms with Gasteiger partial charge >= 0.3 is 0 Å². The van der Waals surface area contributed by atoms with Crippen LogP contribution in [-0.2, 0) is 0 Å². The van der Waals surface area contributed by atoms with Crippen molar-refractivity contribution in [1.82, 2.24) is 0 Å². The molecule has 2 aromatic rings. The third-order valence-corrected chi connectivity index (χ3v) is 3.00. The number of nitro benzene ring substituents is 1. The Morgan fingerprint density at radius 3 is 2.41 bits per heavy atom. The molecule has 0 saturated carbocycles. The molecule has 5 nitrogen and oxygen atoms in total. The number of anilines is 1. The van der Waals surface area contributed by atoms with Crippen molar-refractivity contribution in [2.45, 2.75) is 0 Å². The normalized spacial score (nSPS) is 10.4. The number of nitrogens with zero attached hydrogens (tertiary/aromatic N) is 1. The van der Waals surface area contributed by atoms with Gasteiger partial charge in [-0.05, 0) is 18.2 Å². The van der Waals surface area contributed by atoms with E-state index in [1.54, 1.807) is 0 Å². The van der Waals surface area contributed by atoms with Gasteiger partial charge in [-0.2, -0.15) is 0 Å². The van der Waals surface area contributed by atoms with Crippen LogP contribution in [0.4, 0.5) is 24.5 Å². The lowest BCUT2D eigenvalue weighted by molar-refractivity contribution is -0.384. The molecule has 114 valence electrons. The van der Waals surface area contributed by atoms with Gasteiger partial charge in [-0.25, -0.2) is 13.2 Å². The highest BCUT2D eigenvalue weighted by Crippen LogP contribution is 2.27. The fourth-order valence-electron chi connectivity index (χ4n) is 1.61. The van der Waals surface area contributed by atoms with Crippen LogP contribution in [-0.4, -0.2) is 10.8 Å². The quantitative estimate of drug-likeness (QED) is 0.526. The maximum Gasteiger partial charge on any atom is 0.271 e. The van der Waals surface area contributed by atoms with Gasteiger partial charge in [0, 0.05) is 12.1 Å². The standard InChI is InChI=1S/C13H6ClF3N2O3/c14-8-5-6(19(21)22)1-4-10(8)18-13(20)7-2-3-9(15)12(17)11(7)16/h1-5H,(H,18,20). The summed E-state index contributed by atoms with van der Waals surface area (Å²) in [5.41, 5.74) is -1.07. The van der Waals surface area contributed by atoms with Crippen LogP contribution in [0.5, 0.6) is 0 Å². The summed E-state index contributed by atoms with van der Waals surface area (Å²) < 4.78 is 39.4. The lowest BCUT2D eigenvalue weighted by Crippen LogP contribution is -2.15. The van der Waals surface area contributed by atoms with Crippen LogP contribution in [0.15, 0.2) is 30.3 Å². The van der Waals surface area contributed by atoms with E-state index in [1.165, 1.54) is 0 Å². The number of halogens is 4. The molecule has 22 heavy (non-hydrogen) atoms. The molecule has 0 aliphatic carbocycles. The molecule has 0 saturated heterocycles. The predicted octanol–water partition coefficient (Wildman–Crippen LogP) is 3.92. The molecule has 0 spiro atoms. The minimum Gasteiger partial charge on any atom is -0.321 e. The van der Waals surface area contributed by atoms with Crippen molar-refractivity contribution in [2.24, 2.45) is 0 Å². The van der Waals surface area contributed by atoms with E-state index in [1.807, 2.05) is 0 Å². The highest BCUT2D eigenvalue weighted by Gasteiger charge is 2.20. The summed E-state index contributed by atoms with van der Waals surface area (Å²) in [5.74, 6) is -5.92. The van der Waals surface area contributed by atoms with Crippen LogP contribution in [0, 0.1) is 27.6 Å². The van der Waals surface area contributed by atoms with E-state index in [0.717, 1.165) is 24.3 Å². The molecule has 0 aliphatic rings. The molecular formula is C13H6ClF3N2O3. The van der Waals surface area contributed by atoms with Crippen molar-refractivity contribution in [3.05, 3.63) is 68.5 Å². The van der Waals surface area contributed by atoms with Crippen molar-refractivity contribution in [1.29, 1.82) is 0 Å². The van der Waals surface area contributed by atoms with Crippen LogP contribution in [0.3, 0.4) is 0 Å². The number of nitro groups is 1. The van der Waals surface area contributed by atoms with Crippen molar-refractivity contribution >= 4 is 28.9 Å². The van der Waals surface area contributed by atoms with Crippen LogP contribution in [0.1, 0.15) is 10.4 Å². The van der Waals surface area contributed by atoms with E-state index >= 15 is 0 Å². The molecule has 2 aromatic carbocycles. The lowest BCUT2D eigenvalue weighted by Gasteiger charge is -2.08. The van der Waals surface area contributed by atoms with Crippen LogP contribution < -0.4 is 5.32 Å². The summed E-state index contributed by atoms with van der Waals surface area (Å²) in [5, 5.41) is 12.6. The fraction of sp³-hybridized carbons (Fsp3) is 0. The molecule has 1 N–H and O–H groups in total. The van der Waals surface area contributed by atoms with Crippen LogP contribution in [0.25, 0.3) is 0 Å². The summed E-state index contributed by atoms with van der Waals surface area (Å²) in [6, 6.07) is 4.56. The molecule has 9 heteroatoms. The summed E-state index contributed by atoms with van der Waals surface area (Å²) in [4.78, 5) is 21.7. The smallest absolute Gasteiger partial charge is 0.271 e. The molecule has 0 heterocycles. The fourth-order valence-corrected chi connectivity index (χ4v) is 1.83. The van der Waals surface area contributed by atoms with E-state index in [9.17, 15) is 28.1 Å². The number of benzene rings is 2. The van der Waals surface area contributed by atoms with Crippen molar-refractivity contribution in [3.8, 4) is 0 Å². The topological polar surface area (TPSA) is 72.2 Å². The molecule has 0 fully saturated rings. The van der Waals surface area contributed by atoms with Crippen LogP contribution >= 0.6 is 11.6 Å². The molecule has 0 bridgehead atoms. The number of nitrogens with one attached hydrogen (secondary N) is 1. The Bertz CT molecular complexity index is 783. The van der Waals surface area contributed by atoms with Gasteiger partial charge in [0.2, 0.25) is 0 Å². The number of rotatable bonds is 3. The minimum absolute atomic E-state index is 0.0404. The first kappa shape index (κ1) is 15.8. The second kappa shape index (κ2) is 6.02. The SMILES string of the molecule is O=C(Nc1ccc([N+](=O)[O-])cc1Cl)c1ccc(F)c(F)c1F. The number of hydrogen-bond acceptors (Lipinski definition) is 3. The van der Waals surface area contributed by atoms with Crippen molar-refractivity contribution in [2.75, 3.05) is 5.32 Å². The van der Waals surface area contributed by atoms with E-state index in [2.05, 4.69) is 5.32 Å². The summed E-state index contributed by atoms with van der Waals surface area (Å²) in [6.07, 6.45) is 0. The van der Waals surface area contributed by atoms with Gasteiger partial charge in [0.25, 0.3) is 11.6 Å². The monoisotopic (exact) mass is 330 g/mol. The van der Waals surface area contributed by atoms with Gasteiger partial charge in [0.05, 0.1) is 21.2 Å². The highest BCUT2D eigenvalue weighted by molar-refractivity contribution is 6.34. The largest absolute Gasteiger partial charge is 0.321 e. The molecular weight excluding hydrogens is 325 g/mol. The average Bonchev–Trinajstić information content (AvgIpc) is 2.46. The molecule has 0 aliphatic heterocycles. The Balaban J connectivity index is 2.30. The number of hydrogen-bond donors (Lipinski definition) is 1. The van der Waals surface area contributed by atoms with Crippen molar-refractivity contribution < 1.29 is 22.9 Å². The zero-order valence-corrected chi connectivity index (χ0v) is 11.3. The number of amides is 1. The van der Waals surface area contributed by atoms with Crippen LogP contribution in [0.2, 0.25) is 5.02 Å². The Morgan fingerprint density at radius 1 is 1.14 bits per heavy atom. The van der Waals surface area contributed by atoms with E-state index in [4.69, 9.17) is 11.6 Å². The Morgan fingerprint density at radius 2 is 1.82 bits per heavy atom. The van der Waals surface area contributed by atoms with Gasteiger partial charge in [0.15, 0.2) is 17.5 Å². The summed E-state index contributed by atoms with van der Waals surface area (Å²) in [6.45, 7) is 0. The second-order valence-corrected chi connectivity index (χ2v) is 4.51. The molecule has 1 amide bonds. The first-order chi connectivity index (χ1) is 10.3. The summed E-state index contributed by atoms with van der Waals surface area (Å²) in [7, 11) is 0. The third kappa shape index (κ3) is 3.01. The predicted molar refractivity (Wildman–Crippen MR) is 72.4 cm³/mol. The van der Waals surface area contributed by atoms with E-state index in [0.29, 0.717) is 6.07 Å². The van der Waals surface area contributed by atoms with Crippen molar-refractivity contribution in [3.63, 3.8) is 0 Å². The number of non-ortho nitro benzene ring substituents is 1. The van der Waals surface area contributed by atoms with E-state index < -0.39 is 33.8 Å².